The van der Waals surface area contributed by atoms with Crippen LogP contribution < -0.4 is 5.32 Å². The number of thiophene rings is 1. The third kappa shape index (κ3) is 4.04. The van der Waals surface area contributed by atoms with Gasteiger partial charge in [-0.2, -0.15) is 0 Å². The van der Waals surface area contributed by atoms with E-state index in [0.717, 1.165) is 16.0 Å². The zero-order valence-corrected chi connectivity index (χ0v) is 15.0. The largest absolute Gasteiger partial charge is 0.410 e. The van der Waals surface area contributed by atoms with Gasteiger partial charge >= 0.3 is 0 Å². The Kier molecular flexibility index (Phi) is 5.32. The first-order valence-corrected chi connectivity index (χ1v) is 9.35. The van der Waals surface area contributed by atoms with Crippen molar-refractivity contribution >= 4 is 29.0 Å². The van der Waals surface area contributed by atoms with Crippen LogP contribution in [0.5, 0.6) is 0 Å². The number of carbonyl (C=O) groups is 1. The molecule has 0 spiro atoms. The van der Waals surface area contributed by atoms with E-state index in [4.69, 9.17) is 4.42 Å². The number of hydrogen-bond donors (Lipinski definition) is 1. The van der Waals surface area contributed by atoms with Crippen LogP contribution in [0.1, 0.15) is 24.1 Å². The number of rotatable bonds is 6. The van der Waals surface area contributed by atoms with Crippen LogP contribution >= 0.6 is 23.1 Å². The summed E-state index contributed by atoms with van der Waals surface area (Å²) in [6.45, 7) is 4.02. The van der Waals surface area contributed by atoms with Gasteiger partial charge < -0.3 is 9.73 Å². The number of carbonyl (C=O) groups excluding carboxylic acids is 1. The molecule has 1 aromatic carbocycles. The molecule has 0 saturated heterocycles. The van der Waals surface area contributed by atoms with Crippen molar-refractivity contribution in [1.82, 2.24) is 15.5 Å². The van der Waals surface area contributed by atoms with Crippen molar-refractivity contribution in [3.63, 3.8) is 0 Å². The van der Waals surface area contributed by atoms with E-state index in [0.29, 0.717) is 11.1 Å². The average Bonchev–Trinajstić information content (AvgIpc) is 3.24. The third-order valence-electron chi connectivity index (χ3n) is 3.50. The lowest BCUT2D eigenvalue weighted by Gasteiger charge is -2.16. The van der Waals surface area contributed by atoms with Crippen LogP contribution in [0.25, 0.3) is 10.8 Å². The van der Waals surface area contributed by atoms with Crippen molar-refractivity contribution in [1.29, 1.82) is 0 Å². The Labute approximate surface area is 148 Å². The molecule has 1 amide bonds. The molecule has 5 nitrogen and oxygen atoms in total. The fourth-order valence-corrected chi connectivity index (χ4v) is 3.55. The Morgan fingerprint density at radius 2 is 2.12 bits per heavy atom. The van der Waals surface area contributed by atoms with E-state index in [-0.39, 0.29) is 17.7 Å². The van der Waals surface area contributed by atoms with Crippen LogP contribution in [0.4, 0.5) is 0 Å². The Morgan fingerprint density at radius 1 is 1.29 bits per heavy atom. The molecule has 0 bridgehead atoms. The molecular formula is C17H17N3O2S2. The number of thioether (sulfide) groups is 1. The summed E-state index contributed by atoms with van der Waals surface area (Å²) < 4.78 is 5.56. The number of nitrogens with zero attached hydrogens (tertiary/aromatic N) is 2. The van der Waals surface area contributed by atoms with Gasteiger partial charge in [0.2, 0.25) is 5.91 Å². The first kappa shape index (κ1) is 16.7. The highest BCUT2D eigenvalue weighted by Crippen LogP contribution is 2.26. The molecule has 0 aliphatic rings. The summed E-state index contributed by atoms with van der Waals surface area (Å²) in [5.74, 6) is 0.662. The molecule has 7 heteroatoms. The van der Waals surface area contributed by atoms with Crippen LogP contribution in [-0.2, 0) is 4.79 Å². The first-order chi connectivity index (χ1) is 11.6. The predicted octanol–water partition coefficient (Wildman–Crippen LogP) is 4.08. The van der Waals surface area contributed by atoms with Crippen molar-refractivity contribution in [3.8, 4) is 10.8 Å². The van der Waals surface area contributed by atoms with Gasteiger partial charge in [-0.1, -0.05) is 42.1 Å². The molecule has 1 atom stereocenters. The standard InChI is InChI=1S/C17H17N3O2S2/c1-11-6-3-4-7-13(11)12(2)18-15(21)10-24-17-20-19-16(22-17)14-8-5-9-23-14/h3-9,12H,10H2,1-2H3,(H,18,21)/t12-/m1/s1. The maximum atomic E-state index is 12.1. The summed E-state index contributed by atoms with van der Waals surface area (Å²) in [7, 11) is 0. The summed E-state index contributed by atoms with van der Waals surface area (Å²) >= 11 is 2.78. The van der Waals surface area contributed by atoms with Gasteiger partial charge in [0.1, 0.15) is 0 Å². The summed E-state index contributed by atoms with van der Waals surface area (Å²) in [5.41, 5.74) is 2.28. The summed E-state index contributed by atoms with van der Waals surface area (Å²) in [6, 6.07) is 11.8. The van der Waals surface area contributed by atoms with E-state index in [9.17, 15) is 4.79 Å². The summed E-state index contributed by atoms with van der Waals surface area (Å²) in [5, 5.41) is 13.3. The lowest BCUT2D eigenvalue weighted by Crippen LogP contribution is -2.28. The van der Waals surface area contributed by atoms with E-state index >= 15 is 0 Å². The Balaban J connectivity index is 1.53. The van der Waals surface area contributed by atoms with Gasteiger partial charge in [-0.3, -0.25) is 4.79 Å². The predicted molar refractivity (Wildman–Crippen MR) is 96.1 cm³/mol. The fraction of sp³-hybridized carbons (Fsp3) is 0.235. The third-order valence-corrected chi connectivity index (χ3v) is 5.17. The molecule has 2 heterocycles. The minimum atomic E-state index is -0.0633. The van der Waals surface area contributed by atoms with Crippen LogP contribution in [0.15, 0.2) is 51.4 Å². The topological polar surface area (TPSA) is 68.0 Å². The monoisotopic (exact) mass is 359 g/mol. The second-order valence-electron chi connectivity index (χ2n) is 5.28. The summed E-state index contributed by atoms with van der Waals surface area (Å²) in [4.78, 5) is 13.1. The number of aryl methyl sites for hydroxylation is 1. The zero-order chi connectivity index (χ0) is 16.9. The Bertz CT molecular complexity index is 815. The maximum Gasteiger partial charge on any atom is 0.277 e. The zero-order valence-electron chi connectivity index (χ0n) is 13.4. The van der Waals surface area contributed by atoms with Gasteiger partial charge in [0, 0.05) is 0 Å². The van der Waals surface area contributed by atoms with Crippen molar-refractivity contribution < 1.29 is 9.21 Å². The first-order valence-electron chi connectivity index (χ1n) is 7.48. The number of nitrogens with one attached hydrogen (secondary N) is 1. The second-order valence-corrected chi connectivity index (χ2v) is 7.16. The van der Waals surface area contributed by atoms with Gasteiger partial charge in [0.05, 0.1) is 16.7 Å². The molecule has 0 saturated carbocycles. The summed E-state index contributed by atoms with van der Waals surface area (Å²) in [6.07, 6.45) is 0. The average molecular weight is 359 g/mol. The van der Waals surface area contributed by atoms with E-state index in [1.54, 1.807) is 0 Å². The van der Waals surface area contributed by atoms with Crippen LogP contribution in [0, 0.1) is 6.92 Å². The molecule has 0 fully saturated rings. The van der Waals surface area contributed by atoms with Gasteiger partial charge in [-0.25, -0.2) is 0 Å². The maximum absolute atomic E-state index is 12.1. The molecule has 3 rings (SSSR count). The number of hydrogen-bond acceptors (Lipinski definition) is 6. The molecule has 0 aliphatic carbocycles. The fourth-order valence-electron chi connectivity index (χ4n) is 2.33. The highest BCUT2D eigenvalue weighted by molar-refractivity contribution is 7.99. The van der Waals surface area contributed by atoms with Gasteiger partial charge in [-0.15, -0.1) is 21.5 Å². The van der Waals surface area contributed by atoms with Crippen molar-refractivity contribution in [2.24, 2.45) is 0 Å². The van der Waals surface area contributed by atoms with Crippen molar-refractivity contribution in [2.45, 2.75) is 25.1 Å². The number of benzene rings is 1. The number of amides is 1. The van der Waals surface area contributed by atoms with Gasteiger partial charge in [0.25, 0.3) is 11.1 Å². The van der Waals surface area contributed by atoms with Crippen molar-refractivity contribution in [2.75, 3.05) is 5.75 Å². The minimum Gasteiger partial charge on any atom is -0.410 e. The van der Waals surface area contributed by atoms with Gasteiger partial charge in [-0.05, 0) is 36.4 Å². The highest BCUT2D eigenvalue weighted by Gasteiger charge is 2.14. The number of aromatic nitrogens is 2. The highest BCUT2D eigenvalue weighted by atomic mass is 32.2. The quantitative estimate of drug-likeness (QED) is 0.672. The van der Waals surface area contributed by atoms with Crippen LogP contribution in [0.3, 0.4) is 0 Å². The van der Waals surface area contributed by atoms with Crippen LogP contribution in [-0.4, -0.2) is 21.9 Å². The molecule has 124 valence electrons. The molecular weight excluding hydrogens is 342 g/mol. The normalized spacial score (nSPS) is 12.1. The van der Waals surface area contributed by atoms with Crippen LogP contribution in [0.2, 0.25) is 0 Å². The lowest BCUT2D eigenvalue weighted by molar-refractivity contribution is -0.119. The second kappa shape index (κ2) is 7.63. The van der Waals surface area contributed by atoms with Crippen molar-refractivity contribution in [3.05, 3.63) is 52.9 Å². The molecule has 24 heavy (non-hydrogen) atoms. The smallest absolute Gasteiger partial charge is 0.277 e. The SMILES string of the molecule is Cc1ccccc1[C@@H](C)NC(=O)CSc1nnc(-c2cccs2)o1. The Hall–Kier alpha value is -2.12. The van der Waals surface area contributed by atoms with E-state index < -0.39 is 0 Å². The molecule has 0 aliphatic heterocycles. The molecule has 3 aromatic rings. The molecule has 2 aromatic heterocycles. The molecule has 1 N–H and O–H groups in total. The minimum absolute atomic E-state index is 0.0383. The molecule has 0 unspecified atom stereocenters. The Morgan fingerprint density at radius 3 is 2.88 bits per heavy atom. The van der Waals surface area contributed by atoms with E-state index in [1.165, 1.54) is 23.1 Å². The molecule has 0 radical (unpaired) electrons. The van der Waals surface area contributed by atoms with Gasteiger partial charge in [0.15, 0.2) is 0 Å². The van der Waals surface area contributed by atoms with E-state index in [1.807, 2.05) is 55.6 Å². The van der Waals surface area contributed by atoms with E-state index in [2.05, 4.69) is 15.5 Å². The lowest BCUT2D eigenvalue weighted by atomic mass is 10.0.